The summed E-state index contributed by atoms with van der Waals surface area (Å²) in [5.74, 6) is -2.67. The molecule has 1 rings (SSSR count). The maximum atomic E-state index is 11.9. The molecule has 0 spiro atoms. The smallest absolute Gasteiger partial charge is 0.469 e. The number of halogens is 3. The molecule has 94 valence electrons. The van der Waals surface area contributed by atoms with E-state index in [9.17, 15) is 22.8 Å². The molecule has 5 nitrogen and oxygen atoms in total. The maximum absolute atomic E-state index is 11.9. The summed E-state index contributed by atoms with van der Waals surface area (Å²) in [7, 11) is 1.18. The molecule has 0 saturated carbocycles. The predicted molar refractivity (Wildman–Crippen MR) is 52.5 cm³/mol. The number of carbonyl (C=O) groups excluding carboxylic acids is 2. The van der Waals surface area contributed by atoms with Crippen LogP contribution in [-0.2, 0) is 20.7 Å². The first-order valence-electron chi connectivity index (χ1n) is 4.22. The van der Waals surface area contributed by atoms with Gasteiger partial charge in [0.25, 0.3) is 0 Å². The lowest BCUT2D eigenvalue weighted by atomic mass is 10.3. The summed E-state index contributed by atoms with van der Waals surface area (Å²) in [5, 5.41) is 2.73. The van der Waals surface area contributed by atoms with E-state index >= 15 is 0 Å². The van der Waals surface area contributed by atoms with Crippen LogP contribution in [0.5, 0.6) is 0 Å². The minimum absolute atomic E-state index is 0.158. The lowest BCUT2D eigenvalue weighted by molar-refractivity contribution is -0.167. The molecular weight excluding hydrogens is 261 g/mol. The third-order valence-electron chi connectivity index (χ3n) is 1.58. The highest BCUT2D eigenvalue weighted by Crippen LogP contribution is 2.21. The molecule has 0 aromatic carbocycles. The average Bonchev–Trinajstić information content (AvgIpc) is 2.64. The van der Waals surface area contributed by atoms with Crippen molar-refractivity contribution in [2.24, 2.45) is 0 Å². The molecule has 17 heavy (non-hydrogen) atoms. The summed E-state index contributed by atoms with van der Waals surface area (Å²) in [4.78, 5) is 25.0. The van der Waals surface area contributed by atoms with Gasteiger partial charge in [-0.3, -0.25) is 14.9 Å². The van der Waals surface area contributed by atoms with Gasteiger partial charge in [-0.1, -0.05) is 0 Å². The first-order valence-corrected chi connectivity index (χ1v) is 5.10. The first-order chi connectivity index (χ1) is 7.82. The van der Waals surface area contributed by atoms with Crippen LogP contribution in [-0.4, -0.2) is 30.1 Å². The number of carbonyl (C=O) groups is 2. The topological polar surface area (TPSA) is 68.3 Å². The van der Waals surface area contributed by atoms with Gasteiger partial charge in [0, 0.05) is 5.38 Å². The number of alkyl halides is 3. The van der Waals surface area contributed by atoms with E-state index in [2.05, 4.69) is 9.72 Å². The number of methoxy groups -OCH3 is 1. The van der Waals surface area contributed by atoms with Gasteiger partial charge in [0.1, 0.15) is 0 Å². The second-order valence-electron chi connectivity index (χ2n) is 2.85. The number of ether oxygens (including phenoxy) is 1. The van der Waals surface area contributed by atoms with Gasteiger partial charge < -0.3 is 4.74 Å². The third kappa shape index (κ3) is 4.02. The lowest BCUT2D eigenvalue weighted by Gasteiger charge is -2.04. The number of anilines is 1. The normalized spacial score (nSPS) is 11.1. The molecule has 0 saturated heterocycles. The van der Waals surface area contributed by atoms with Crippen LogP contribution in [0.25, 0.3) is 0 Å². The molecule has 0 fully saturated rings. The molecule has 1 N–H and O–H groups in total. The highest BCUT2D eigenvalue weighted by atomic mass is 32.1. The largest absolute Gasteiger partial charge is 0.471 e. The Bertz CT molecular complexity index is 430. The number of hydrogen-bond donors (Lipinski definition) is 1. The zero-order valence-electron chi connectivity index (χ0n) is 8.50. The van der Waals surface area contributed by atoms with E-state index in [4.69, 9.17) is 0 Å². The Hall–Kier alpha value is -1.64. The van der Waals surface area contributed by atoms with Gasteiger partial charge in [0.15, 0.2) is 5.13 Å². The van der Waals surface area contributed by atoms with Crippen LogP contribution in [0.2, 0.25) is 0 Å². The molecule has 0 aliphatic heterocycles. The molecule has 1 amide bonds. The lowest BCUT2D eigenvalue weighted by Crippen LogP contribution is -2.29. The van der Waals surface area contributed by atoms with Gasteiger partial charge >= 0.3 is 18.1 Å². The fraction of sp³-hybridized carbons (Fsp3) is 0.375. The molecule has 0 aliphatic rings. The van der Waals surface area contributed by atoms with Crippen LogP contribution in [0.4, 0.5) is 18.3 Å². The maximum Gasteiger partial charge on any atom is 0.471 e. The van der Waals surface area contributed by atoms with Crippen molar-refractivity contribution in [2.75, 3.05) is 12.4 Å². The Morgan fingerprint density at radius 1 is 1.53 bits per heavy atom. The summed E-state index contributed by atoms with van der Waals surface area (Å²) in [6, 6.07) is 0. The van der Waals surface area contributed by atoms with E-state index in [0.717, 1.165) is 11.3 Å². The van der Waals surface area contributed by atoms with Crippen LogP contribution in [0, 0.1) is 0 Å². The van der Waals surface area contributed by atoms with E-state index in [1.807, 2.05) is 0 Å². The molecule has 1 aromatic heterocycles. The SMILES string of the molecule is COC(=O)Cc1csc(NC(=O)C(F)(F)F)n1. The van der Waals surface area contributed by atoms with Gasteiger partial charge in [-0.05, 0) is 0 Å². The van der Waals surface area contributed by atoms with Gasteiger partial charge in [0.2, 0.25) is 0 Å². The van der Waals surface area contributed by atoms with Crippen LogP contribution < -0.4 is 5.32 Å². The Kier molecular flexibility index (Phi) is 4.05. The van der Waals surface area contributed by atoms with Crippen LogP contribution in [0.1, 0.15) is 5.69 Å². The van der Waals surface area contributed by atoms with Crippen LogP contribution >= 0.6 is 11.3 Å². The summed E-state index contributed by atoms with van der Waals surface area (Å²) in [5.41, 5.74) is 0.235. The second-order valence-corrected chi connectivity index (χ2v) is 3.71. The summed E-state index contributed by atoms with van der Waals surface area (Å²) >= 11 is 0.796. The molecule has 1 aromatic rings. The number of aromatic nitrogens is 1. The van der Waals surface area contributed by atoms with Crippen molar-refractivity contribution in [3.63, 3.8) is 0 Å². The van der Waals surface area contributed by atoms with E-state index in [1.54, 1.807) is 5.32 Å². The van der Waals surface area contributed by atoms with Crippen molar-refractivity contribution >= 4 is 28.3 Å². The molecule has 0 unspecified atom stereocenters. The first kappa shape index (κ1) is 13.4. The number of thiazole rings is 1. The summed E-state index contributed by atoms with van der Waals surface area (Å²) in [6.45, 7) is 0. The summed E-state index contributed by atoms with van der Waals surface area (Å²) in [6.07, 6.45) is -5.12. The van der Waals surface area contributed by atoms with Crippen molar-refractivity contribution < 1.29 is 27.5 Å². The highest BCUT2D eigenvalue weighted by molar-refractivity contribution is 7.13. The highest BCUT2D eigenvalue weighted by Gasteiger charge is 2.39. The number of amides is 1. The molecular formula is C8H7F3N2O3S. The number of esters is 1. The van der Waals surface area contributed by atoms with Gasteiger partial charge in [-0.15, -0.1) is 11.3 Å². The molecule has 1 heterocycles. The predicted octanol–water partition coefficient (Wildman–Crippen LogP) is 1.36. The van der Waals surface area contributed by atoms with E-state index < -0.39 is 18.1 Å². The Balaban J connectivity index is 2.63. The fourth-order valence-corrected chi connectivity index (χ4v) is 1.54. The fourth-order valence-electron chi connectivity index (χ4n) is 0.834. The Labute approximate surface area is 97.6 Å². The minimum atomic E-state index is -4.96. The molecule has 0 atom stereocenters. The van der Waals surface area contributed by atoms with Crippen molar-refractivity contribution in [1.82, 2.24) is 4.98 Å². The number of nitrogens with one attached hydrogen (secondary N) is 1. The van der Waals surface area contributed by atoms with E-state index in [-0.39, 0.29) is 17.2 Å². The number of nitrogens with zero attached hydrogens (tertiary/aromatic N) is 1. The summed E-state index contributed by atoms with van der Waals surface area (Å²) < 4.78 is 40.0. The van der Waals surface area contributed by atoms with E-state index in [0.29, 0.717) is 0 Å². The van der Waals surface area contributed by atoms with Gasteiger partial charge in [0.05, 0.1) is 19.2 Å². The third-order valence-corrected chi connectivity index (χ3v) is 2.39. The van der Waals surface area contributed by atoms with Crippen molar-refractivity contribution in [3.05, 3.63) is 11.1 Å². The molecule has 0 radical (unpaired) electrons. The van der Waals surface area contributed by atoms with Crippen LogP contribution in [0.15, 0.2) is 5.38 Å². The zero-order chi connectivity index (χ0) is 13.1. The average molecular weight is 268 g/mol. The number of hydrogen-bond acceptors (Lipinski definition) is 5. The molecule has 0 aliphatic carbocycles. The number of rotatable bonds is 3. The Morgan fingerprint density at radius 3 is 2.71 bits per heavy atom. The van der Waals surface area contributed by atoms with Crippen molar-refractivity contribution in [2.45, 2.75) is 12.6 Å². The molecule has 9 heteroatoms. The van der Waals surface area contributed by atoms with Crippen LogP contribution in [0.3, 0.4) is 0 Å². The monoisotopic (exact) mass is 268 g/mol. The van der Waals surface area contributed by atoms with E-state index in [1.165, 1.54) is 12.5 Å². The van der Waals surface area contributed by atoms with Crippen molar-refractivity contribution in [1.29, 1.82) is 0 Å². The quantitative estimate of drug-likeness (QED) is 0.840. The zero-order valence-corrected chi connectivity index (χ0v) is 9.32. The Morgan fingerprint density at radius 2 is 2.18 bits per heavy atom. The minimum Gasteiger partial charge on any atom is -0.469 e. The van der Waals surface area contributed by atoms with Gasteiger partial charge in [-0.2, -0.15) is 13.2 Å². The second kappa shape index (κ2) is 5.13. The van der Waals surface area contributed by atoms with Crippen molar-refractivity contribution in [3.8, 4) is 0 Å². The van der Waals surface area contributed by atoms with Gasteiger partial charge in [-0.25, -0.2) is 4.98 Å². The standard InChI is InChI=1S/C8H7F3N2O3S/c1-16-5(14)2-4-3-17-7(12-4)13-6(15)8(9,10)11/h3H,2H2,1H3,(H,12,13,15). The molecule has 0 bridgehead atoms.